The van der Waals surface area contributed by atoms with E-state index in [0.29, 0.717) is 98.0 Å². The number of ether oxygens (including phenoxy) is 5. The van der Waals surface area contributed by atoms with Crippen LogP contribution in [0.4, 0.5) is 14.4 Å². The summed E-state index contributed by atoms with van der Waals surface area (Å²) in [5.74, 6) is 0.464. The maximum absolute atomic E-state index is 12.4. The molecule has 5 saturated heterocycles. The van der Waals surface area contributed by atoms with E-state index in [1.807, 2.05) is 123 Å². The highest BCUT2D eigenvalue weighted by Gasteiger charge is 2.42. The maximum atomic E-state index is 12.4. The Balaban J connectivity index is 0.000000202. The molecule has 0 bridgehead atoms. The minimum atomic E-state index is -0.967. The topological polar surface area (TPSA) is 215 Å². The number of carbonyl (C=O) groups is 4. The van der Waals surface area contributed by atoms with E-state index in [0.717, 1.165) is 95.1 Å². The molecule has 0 aromatic carbocycles. The van der Waals surface area contributed by atoms with E-state index in [9.17, 15) is 24.3 Å². The fourth-order valence-electron chi connectivity index (χ4n) is 11.9. The van der Waals surface area contributed by atoms with E-state index < -0.39 is 28.0 Å². The molecule has 6 aliphatic rings. The number of piperidine rings is 3. The van der Waals surface area contributed by atoms with Gasteiger partial charge in [0.15, 0.2) is 0 Å². The van der Waals surface area contributed by atoms with Crippen molar-refractivity contribution in [1.29, 1.82) is 0 Å². The minimum absolute atomic E-state index is 0.233. The molecule has 5 aliphatic heterocycles. The molecule has 5 aromatic rings. The molecule has 0 unspecified atom stereocenters. The smallest absolute Gasteiger partial charge is 0.410 e. The third-order valence-electron chi connectivity index (χ3n) is 17.2. The van der Waals surface area contributed by atoms with Gasteiger partial charge in [0, 0.05) is 106 Å². The number of nitrogens with zero attached hydrogens (tertiary/aromatic N) is 10. The van der Waals surface area contributed by atoms with Crippen LogP contribution in [0.25, 0.3) is 0 Å². The second-order valence-electron chi connectivity index (χ2n) is 28.4. The summed E-state index contributed by atoms with van der Waals surface area (Å²) in [5.41, 5.74) is -0.285. The third kappa shape index (κ3) is 30.1. The summed E-state index contributed by atoms with van der Waals surface area (Å²) in [6, 6.07) is 18.8. The Bertz CT molecular complexity index is 3230. The van der Waals surface area contributed by atoms with E-state index in [2.05, 4.69) is 79.9 Å². The lowest BCUT2D eigenvalue weighted by Gasteiger charge is -2.42. The van der Waals surface area contributed by atoms with Crippen molar-refractivity contribution in [2.45, 2.75) is 192 Å². The standard InChI is InChI=1S/C21H32ClN3O3.C21H33N3O3.C15H21ClN2O3.C6H10O.2C5H3ClIN/c1-20(2,3)28-19(26)25-12-7-21(8-13-25,17-6-9-23-18(22)16-17)27-15-14-24-10-4-5-11-24;1-20(2,3)27-19(25)24-14-8-21(9-15-24,18-6-10-22-11-7-18)26-17-16-23-12-4-5-13-23;1-14(2,3)21-13(19)18-8-5-15(20,6-9-18)11-4-7-17-12(16)10-11;7-6-4-2-1-3-5-6;6-5-3-4(7)1-2-8-5;6-5-4(7)2-1-3-8-5/h6,9,16H,4-5,7-8,10-15H2,1-3H3;6-7,10-11H,4-5,8-9,12-17H2,1-3H3;4,7,10,20H,5-6,8-9H2,1-3H3;1-5H2;2*1-3H. The second kappa shape index (κ2) is 40.6. The zero-order valence-electron chi connectivity index (χ0n) is 59.1. The monoisotopic (exact) mass is 1670 g/mol. The Kier molecular flexibility index (Phi) is 34.3. The molecule has 5 aromatic heterocycles. The number of amides is 3. The van der Waals surface area contributed by atoms with Crippen molar-refractivity contribution < 1.29 is 48.0 Å². The number of Topliss-reactive ketones (excluding diaryl/α,β-unsaturated/α-hetero) is 1. The minimum Gasteiger partial charge on any atom is -0.444 e. The molecule has 11 rings (SSSR count). The molecule has 1 N–H and O–H groups in total. The highest BCUT2D eigenvalue weighted by atomic mass is 127. The normalized spacial score (nSPS) is 18.4. The van der Waals surface area contributed by atoms with Gasteiger partial charge >= 0.3 is 18.3 Å². The van der Waals surface area contributed by atoms with Gasteiger partial charge in [0.05, 0.1) is 33.6 Å². The first-order valence-electron chi connectivity index (χ1n) is 34.4. The number of aromatic nitrogens is 5. The number of aliphatic hydroxyl groups is 1. The van der Waals surface area contributed by atoms with Gasteiger partial charge in [-0.15, -0.1) is 0 Å². The summed E-state index contributed by atoms with van der Waals surface area (Å²) in [4.78, 5) is 77.2. The van der Waals surface area contributed by atoms with Crippen molar-refractivity contribution in [3.63, 3.8) is 0 Å². The Morgan fingerprint density at radius 1 is 0.475 bits per heavy atom. The van der Waals surface area contributed by atoms with E-state index in [1.54, 1.807) is 51.6 Å². The first kappa shape index (κ1) is 83.6. The number of ketones is 1. The highest BCUT2D eigenvalue weighted by Crippen LogP contribution is 2.40. The maximum Gasteiger partial charge on any atom is 0.410 e. The van der Waals surface area contributed by atoms with Crippen molar-refractivity contribution in [2.24, 2.45) is 0 Å². The summed E-state index contributed by atoms with van der Waals surface area (Å²) < 4.78 is 31.5. The summed E-state index contributed by atoms with van der Waals surface area (Å²) in [6.07, 6.45) is 23.7. The highest BCUT2D eigenvalue weighted by molar-refractivity contribution is 14.1. The van der Waals surface area contributed by atoms with Gasteiger partial charge < -0.3 is 53.3 Å². The van der Waals surface area contributed by atoms with Crippen molar-refractivity contribution in [2.75, 3.05) is 91.8 Å². The molecule has 6 fully saturated rings. The summed E-state index contributed by atoms with van der Waals surface area (Å²) in [7, 11) is 0. The number of likely N-dealkylation sites (tertiary alicyclic amines) is 5. The van der Waals surface area contributed by atoms with Crippen LogP contribution in [0.5, 0.6) is 0 Å². The molecule has 26 heteroatoms. The molecule has 1 saturated carbocycles. The molecule has 20 nitrogen and oxygen atoms in total. The number of rotatable bonds is 11. The molecular formula is C73H102Cl4I2N10O10. The zero-order valence-corrected chi connectivity index (χ0v) is 66.4. The van der Waals surface area contributed by atoms with Gasteiger partial charge in [0.2, 0.25) is 0 Å². The molecular weight excluding hydrogens is 1570 g/mol. The molecule has 0 spiro atoms. The van der Waals surface area contributed by atoms with Crippen molar-refractivity contribution in [3.05, 3.63) is 142 Å². The van der Waals surface area contributed by atoms with Crippen LogP contribution in [0.3, 0.4) is 0 Å². The van der Waals surface area contributed by atoms with Crippen molar-refractivity contribution in [3.8, 4) is 0 Å². The van der Waals surface area contributed by atoms with Gasteiger partial charge in [-0.25, -0.2) is 34.3 Å². The SMILES string of the molecule is CC(C)(C)OC(=O)N1CCC(O)(c2ccnc(Cl)c2)CC1.CC(C)(C)OC(=O)N1CCC(OCCN2CCCC2)(c2ccnc(Cl)c2)CC1.CC(C)(C)OC(=O)N1CCC(OCCN2CCCC2)(c2ccncc2)CC1.Clc1cc(I)ccn1.Clc1ncccc1I.O=C1CCCCC1. The van der Waals surface area contributed by atoms with E-state index in [1.165, 1.54) is 45.2 Å². The number of carbonyl (C=O) groups excluding carboxylic acids is 4. The number of hydrogen-bond donors (Lipinski definition) is 1. The Hall–Kier alpha value is -4.35. The van der Waals surface area contributed by atoms with Gasteiger partial charge in [0.25, 0.3) is 0 Å². The summed E-state index contributed by atoms with van der Waals surface area (Å²) in [5, 5.41) is 12.7. The van der Waals surface area contributed by atoms with Gasteiger partial charge in [-0.1, -0.05) is 52.8 Å². The lowest BCUT2D eigenvalue weighted by molar-refractivity contribution is -0.120. The predicted molar refractivity (Wildman–Crippen MR) is 406 cm³/mol. The van der Waals surface area contributed by atoms with Crippen LogP contribution in [0.1, 0.15) is 175 Å². The van der Waals surface area contributed by atoms with E-state index in [4.69, 9.17) is 70.1 Å². The van der Waals surface area contributed by atoms with E-state index in [-0.39, 0.29) is 23.9 Å². The lowest BCUT2D eigenvalue weighted by atomic mass is 9.84. The fraction of sp³-hybridized carbons (Fsp3) is 0.603. The van der Waals surface area contributed by atoms with Gasteiger partial charge in [-0.3, -0.25) is 9.78 Å². The Morgan fingerprint density at radius 3 is 1.21 bits per heavy atom. The van der Waals surface area contributed by atoms with Crippen molar-refractivity contribution in [1.82, 2.24) is 49.4 Å². The van der Waals surface area contributed by atoms with Crippen LogP contribution >= 0.6 is 91.6 Å². The molecule has 3 amide bonds. The van der Waals surface area contributed by atoms with Crippen LogP contribution in [0.15, 0.2) is 97.8 Å². The van der Waals surface area contributed by atoms with Crippen LogP contribution in [0.2, 0.25) is 20.6 Å². The van der Waals surface area contributed by atoms with Gasteiger partial charge in [-0.05, 0) is 288 Å². The quantitative estimate of drug-likeness (QED) is 0.0739. The zero-order chi connectivity index (χ0) is 72.3. The summed E-state index contributed by atoms with van der Waals surface area (Å²) >= 11 is 27.5. The van der Waals surface area contributed by atoms with Crippen LogP contribution < -0.4 is 0 Å². The molecule has 0 radical (unpaired) electrons. The first-order valence-corrected chi connectivity index (χ1v) is 38.1. The molecule has 546 valence electrons. The number of hydrogen-bond acceptors (Lipinski definition) is 17. The molecule has 10 heterocycles. The van der Waals surface area contributed by atoms with Crippen molar-refractivity contribution >= 4 is 116 Å². The second-order valence-corrected chi connectivity index (χ2v) is 32.3. The average Bonchev–Trinajstić information content (AvgIpc) is 1.78. The van der Waals surface area contributed by atoms with Crippen LogP contribution in [-0.2, 0) is 45.3 Å². The van der Waals surface area contributed by atoms with Crippen LogP contribution in [-0.4, -0.2) is 187 Å². The van der Waals surface area contributed by atoms with E-state index >= 15 is 0 Å². The molecule has 0 atom stereocenters. The average molecular weight is 1680 g/mol. The number of halogens is 6. The predicted octanol–water partition coefficient (Wildman–Crippen LogP) is 16.6. The fourth-order valence-corrected chi connectivity index (χ4v) is 13.6. The third-order valence-corrected chi connectivity index (χ3v) is 20.0. The first-order chi connectivity index (χ1) is 46.8. The Morgan fingerprint density at radius 2 is 0.859 bits per heavy atom. The molecule has 99 heavy (non-hydrogen) atoms. The van der Waals surface area contributed by atoms with Gasteiger partial charge in [-0.2, -0.15) is 0 Å². The largest absolute Gasteiger partial charge is 0.444 e. The van der Waals surface area contributed by atoms with Crippen LogP contribution in [0, 0.1) is 7.14 Å². The van der Waals surface area contributed by atoms with Gasteiger partial charge in [0.1, 0.15) is 43.2 Å². The number of pyridine rings is 5. The molecule has 1 aliphatic carbocycles. The Labute approximate surface area is 634 Å². The summed E-state index contributed by atoms with van der Waals surface area (Å²) in [6.45, 7) is 28.2. The lowest BCUT2D eigenvalue weighted by Crippen LogP contribution is -2.48.